The average molecular weight is 394 g/mol. The Bertz CT molecular complexity index is 951. The van der Waals surface area contributed by atoms with Crippen molar-refractivity contribution in [3.8, 4) is 0 Å². The molecule has 9 heteroatoms. The largest absolute Gasteiger partial charge is 0.460 e. The van der Waals surface area contributed by atoms with E-state index in [0.717, 1.165) is 12.7 Å². The highest BCUT2D eigenvalue weighted by molar-refractivity contribution is 7.89. The predicted molar refractivity (Wildman–Crippen MR) is 96.3 cm³/mol. The Morgan fingerprint density at radius 1 is 1.15 bits per heavy atom. The van der Waals surface area contributed by atoms with E-state index in [2.05, 4.69) is 14.2 Å². The van der Waals surface area contributed by atoms with Gasteiger partial charge in [-0.1, -0.05) is 41.4 Å². The quantitative estimate of drug-likeness (QED) is 0.352. The number of methoxy groups -OCH3 is 1. The number of halogens is 1. The molecule has 0 spiro atoms. The molecule has 0 aliphatic rings. The smallest absolute Gasteiger partial charge is 0.418 e. The molecule has 2 rings (SSSR count). The second kappa shape index (κ2) is 8.25. The van der Waals surface area contributed by atoms with E-state index in [0.29, 0.717) is 10.6 Å². The Hall–Kier alpha value is -2.51. The van der Waals surface area contributed by atoms with Gasteiger partial charge in [0, 0.05) is 5.02 Å². The van der Waals surface area contributed by atoms with Crippen LogP contribution in [0.5, 0.6) is 0 Å². The molecule has 0 fully saturated rings. The van der Waals surface area contributed by atoms with Gasteiger partial charge in [0.2, 0.25) is 10.0 Å². The van der Waals surface area contributed by atoms with Crippen LogP contribution < -0.4 is 4.72 Å². The first-order valence-corrected chi connectivity index (χ1v) is 9.29. The minimum Gasteiger partial charge on any atom is -0.460 e. The number of hydrogen-bond acceptors (Lipinski definition) is 4. The molecule has 0 amide bonds. The fourth-order valence-electron chi connectivity index (χ4n) is 2.20. The Kier molecular flexibility index (Phi) is 6.28. The lowest BCUT2D eigenvalue weighted by molar-refractivity contribution is -0.138. The molecular formula is C17H16ClN3O4S. The van der Waals surface area contributed by atoms with Gasteiger partial charge in [-0.15, -0.1) is 0 Å². The average Bonchev–Trinajstić information content (AvgIpc) is 2.62. The Balaban J connectivity index is 2.50. The number of benzene rings is 2. The molecule has 26 heavy (non-hydrogen) atoms. The normalized spacial score (nSPS) is 12.1. The van der Waals surface area contributed by atoms with Crippen LogP contribution in [-0.2, 0) is 19.6 Å². The first-order valence-electron chi connectivity index (χ1n) is 7.43. The second-order valence-electron chi connectivity index (χ2n) is 5.40. The summed E-state index contributed by atoms with van der Waals surface area (Å²) >= 11 is 5.85. The third-order valence-corrected chi connectivity index (χ3v) is 5.27. The van der Waals surface area contributed by atoms with Crippen LogP contribution in [0.3, 0.4) is 0 Å². The van der Waals surface area contributed by atoms with Gasteiger partial charge in [-0.05, 0) is 36.8 Å². The van der Waals surface area contributed by atoms with Crippen molar-refractivity contribution in [2.75, 3.05) is 7.11 Å². The lowest BCUT2D eigenvalue weighted by Gasteiger charge is -2.15. The number of nitrogens with zero attached hydrogens (tertiary/aromatic N) is 2. The van der Waals surface area contributed by atoms with Gasteiger partial charge in [0.25, 0.3) is 0 Å². The zero-order valence-corrected chi connectivity index (χ0v) is 15.6. The van der Waals surface area contributed by atoms with E-state index in [1.807, 2.05) is 6.92 Å². The van der Waals surface area contributed by atoms with Crippen molar-refractivity contribution in [3.63, 3.8) is 0 Å². The fraction of sp³-hybridized carbons (Fsp3) is 0.176. The Morgan fingerprint density at radius 3 is 2.23 bits per heavy atom. The zero-order valence-electron chi connectivity index (χ0n) is 14.0. The molecule has 0 aliphatic carbocycles. The summed E-state index contributed by atoms with van der Waals surface area (Å²) in [4.78, 5) is 14.9. The van der Waals surface area contributed by atoms with Gasteiger partial charge in [0.15, 0.2) is 6.04 Å². The summed E-state index contributed by atoms with van der Waals surface area (Å²) in [6, 6.07) is 11.0. The summed E-state index contributed by atoms with van der Waals surface area (Å²) in [5, 5.41) is 0.425. The van der Waals surface area contributed by atoms with Gasteiger partial charge >= 0.3 is 11.7 Å². The number of aryl methyl sites for hydroxylation is 1. The number of carbonyl (C=O) groups excluding carboxylic acids is 1. The number of ether oxygens (including phenoxy) is 1. The number of rotatable bonds is 6. The maximum Gasteiger partial charge on any atom is 0.418 e. The molecule has 1 unspecified atom stereocenters. The molecule has 7 nitrogen and oxygen atoms in total. The van der Waals surface area contributed by atoms with E-state index in [4.69, 9.17) is 11.6 Å². The number of hydrogen-bond donors (Lipinski definition) is 1. The van der Waals surface area contributed by atoms with Crippen molar-refractivity contribution < 1.29 is 22.7 Å². The van der Waals surface area contributed by atoms with Crippen LogP contribution >= 0.6 is 11.6 Å². The first kappa shape index (κ1) is 19.8. The van der Waals surface area contributed by atoms with Crippen molar-refractivity contribution >= 4 is 33.3 Å². The summed E-state index contributed by atoms with van der Waals surface area (Å²) < 4.78 is 32.3. The monoisotopic (exact) mass is 393 g/mol. The summed E-state index contributed by atoms with van der Waals surface area (Å²) in [6.07, 6.45) is 0. The minimum atomic E-state index is -4.01. The molecule has 0 heterocycles. The van der Waals surface area contributed by atoms with Crippen LogP contribution in [0, 0.1) is 6.92 Å². The molecule has 1 N–H and O–H groups in total. The van der Waals surface area contributed by atoms with E-state index in [-0.39, 0.29) is 4.90 Å². The molecular weight excluding hydrogens is 378 g/mol. The fourth-order valence-corrected chi connectivity index (χ4v) is 3.51. The highest BCUT2D eigenvalue weighted by Crippen LogP contribution is 2.21. The number of carbonyl (C=O) groups is 1. The van der Waals surface area contributed by atoms with Gasteiger partial charge in [0.05, 0.1) is 12.0 Å². The summed E-state index contributed by atoms with van der Waals surface area (Å²) in [7, 11) is -2.92. The van der Waals surface area contributed by atoms with Crippen molar-refractivity contribution in [1.82, 2.24) is 4.72 Å². The van der Waals surface area contributed by atoms with Crippen LogP contribution in [0.4, 0.5) is 0 Å². The van der Waals surface area contributed by atoms with Gasteiger partial charge in [0.1, 0.15) is 0 Å². The van der Waals surface area contributed by atoms with E-state index >= 15 is 0 Å². The van der Waals surface area contributed by atoms with Crippen molar-refractivity contribution in [2.24, 2.45) is 0 Å². The van der Waals surface area contributed by atoms with Crippen molar-refractivity contribution in [2.45, 2.75) is 17.9 Å². The topological polar surface area (TPSA) is 109 Å². The van der Waals surface area contributed by atoms with Gasteiger partial charge in [-0.3, -0.25) is 0 Å². The molecule has 0 saturated heterocycles. The van der Waals surface area contributed by atoms with Crippen LogP contribution in [0.15, 0.2) is 53.4 Å². The molecule has 0 bridgehead atoms. The van der Waals surface area contributed by atoms with Gasteiger partial charge in [-0.25, -0.2) is 13.2 Å². The third kappa shape index (κ3) is 4.56. The van der Waals surface area contributed by atoms with Crippen LogP contribution in [0.2, 0.25) is 5.02 Å². The number of esters is 1. The Morgan fingerprint density at radius 2 is 1.73 bits per heavy atom. The van der Waals surface area contributed by atoms with E-state index < -0.39 is 27.7 Å². The van der Waals surface area contributed by atoms with Crippen molar-refractivity contribution in [1.29, 1.82) is 0 Å². The SMILES string of the molecule is COC(=O)C(=[N+]=[N-])C(NS(=O)(=O)c1ccc(C)cc1)c1ccc(Cl)cc1. The zero-order chi connectivity index (χ0) is 19.3. The van der Waals surface area contributed by atoms with Gasteiger partial charge < -0.3 is 10.3 Å². The predicted octanol–water partition coefficient (Wildman–Crippen LogP) is 2.51. The molecule has 136 valence electrons. The molecule has 1 atom stereocenters. The Labute approximate surface area is 156 Å². The number of sulfonamides is 1. The van der Waals surface area contributed by atoms with E-state index in [9.17, 15) is 18.7 Å². The van der Waals surface area contributed by atoms with Gasteiger partial charge in [-0.2, -0.15) is 9.51 Å². The molecule has 0 saturated carbocycles. The molecule has 0 aliphatic heterocycles. The summed E-state index contributed by atoms with van der Waals surface area (Å²) in [5.41, 5.74) is 9.98. The minimum absolute atomic E-state index is 0.00391. The van der Waals surface area contributed by atoms with Crippen LogP contribution in [-0.4, -0.2) is 32.0 Å². The number of nitrogens with one attached hydrogen (secondary N) is 1. The van der Waals surface area contributed by atoms with E-state index in [1.165, 1.54) is 36.4 Å². The third-order valence-electron chi connectivity index (χ3n) is 3.58. The second-order valence-corrected chi connectivity index (χ2v) is 7.55. The highest BCUT2D eigenvalue weighted by atomic mass is 35.5. The van der Waals surface area contributed by atoms with Crippen LogP contribution in [0.25, 0.3) is 5.53 Å². The maximum absolute atomic E-state index is 12.7. The van der Waals surface area contributed by atoms with Crippen LogP contribution in [0.1, 0.15) is 17.2 Å². The molecule has 0 radical (unpaired) electrons. The standard InChI is InChI=1S/C17H16ClN3O4S/c1-11-3-9-14(10-4-11)26(23,24)21-15(16(20-19)17(22)25-2)12-5-7-13(18)8-6-12/h3-10,15,21H,1-2H3. The lowest BCUT2D eigenvalue weighted by Crippen LogP contribution is -2.38. The first-order chi connectivity index (χ1) is 12.3. The lowest BCUT2D eigenvalue weighted by atomic mass is 10.0. The molecule has 2 aromatic carbocycles. The molecule has 0 aromatic heterocycles. The summed E-state index contributed by atoms with van der Waals surface area (Å²) in [5.74, 6) is -0.973. The summed E-state index contributed by atoms with van der Waals surface area (Å²) in [6.45, 7) is 1.83. The maximum atomic E-state index is 12.7. The highest BCUT2D eigenvalue weighted by Gasteiger charge is 2.37. The molecule has 2 aromatic rings. The van der Waals surface area contributed by atoms with Crippen molar-refractivity contribution in [3.05, 3.63) is 70.2 Å². The van der Waals surface area contributed by atoms with E-state index in [1.54, 1.807) is 12.1 Å².